The molecule has 1 N–H and O–H groups in total. The molecule has 0 aliphatic heterocycles. The summed E-state index contributed by atoms with van der Waals surface area (Å²) in [5.41, 5.74) is 5.53. The van der Waals surface area contributed by atoms with Crippen LogP contribution in [0.3, 0.4) is 0 Å². The molecule has 0 fully saturated rings. The maximum Gasteiger partial charge on any atom is 0.0934 e. The standard InChI is InChI=1S/C16H17BrN4/c1-10-14(11(2)21(3)20-10)9-18-15-6-4-5-12-7-13(17)8-19-16(12)15/h4-8,18H,9H2,1-3H3. The first-order valence-electron chi connectivity index (χ1n) is 6.83. The minimum absolute atomic E-state index is 0.752. The number of anilines is 1. The second-order valence-corrected chi connectivity index (χ2v) is 6.07. The van der Waals surface area contributed by atoms with Crippen LogP contribution < -0.4 is 5.32 Å². The Hall–Kier alpha value is -1.88. The molecule has 3 aromatic rings. The third-order valence-electron chi connectivity index (χ3n) is 3.79. The number of nitrogens with one attached hydrogen (secondary N) is 1. The Labute approximate surface area is 132 Å². The van der Waals surface area contributed by atoms with Gasteiger partial charge in [0.25, 0.3) is 0 Å². The lowest BCUT2D eigenvalue weighted by Crippen LogP contribution is -2.03. The van der Waals surface area contributed by atoms with E-state index in [1.165, 1.54) is 11.3 Å². The van der Waals surface area contributed by atoms with Crippen molar-refractivity contribution < 1.29 is 0 Å². The van der Waals surface area contributed by atoms with E-state index in [1.54, 1.807) is 0 Å². The van der Waals surface area contributed by atoms with E-state index in [-0.39, 0.29) is 0 Å². The lowest BCUT2D eigenvalue weighted by molar-refractivity contribution is 0.730. The highest BCUT2D eigenvalue weighted by Crippen LogP contribution is 2.25. The summed E-state index contributed by atoms with van der Waals surface area (Å²) in [6.07, 6.45) is 1.83. The number of nitrogens with zero attached hydrogens (tertiary/aromatic N) is 3. The molecule has 21 heavy (non-hydrogen) atoms. The molecule has 5 heteroatoms. The second kappa shape index (κ2) is 5.48. The first-order valence-corrected chi connectivity index (χ1v) is 7.63. The highest BCUT2D eigenvalue weighted by molar-refractivity contribution is 9.10. The number of aryl methyl sites for hydroxylation is 2. The Morgan fingerprint density at radius 1 is 1.29 bits per heavy atom. The SMILES string of the molecule is Cc1nn(C)c(C)c1CNc1cccc2cc(Br)cnc12. The van der Waals surface area contributed by atoms with Crippen molar-refractivity contribution in [3.63, 3.8) is 0 Å². The molecule has 0 radical (unpaired) electrons. The van der Waals surface area contributed by atoms with Crippen LogP contribution in [0.4, 0.5) is 5.69 Å². The van der Waals surface area contributed by atoms with Crippen molar-refractivity contribution in [2.24, 2.45) is 7.05 Å². The fraction of sp³-hybridized carbons (Fsp3) is 0.250. The van der Waals surface area contributed by atoms with Crippen molar-refractivity contribution in [3.8, 4) is 0 Å². The number of rotatable bonds is 3. The number of hydrogen-bond donors (Lipinski definition) is 1. The largest absolute Gasteiger partial charge is 0.379 e. The predicted molar refractivity (Wildman–Crippen MR) is 89.5 cm³/mol. The maximum absolute atomic E-state index is 4.51. The lowest BCUT2D eigenvalue weighted by atomic mass is 10.1. The summed E-state index contributed by atoms with van der Waals surface area (Å²) >= 11 is 3.46. The summed E-state index contributed by atoms with van der Waals surface area (Å²) < 4.78 is 2.91. The van der Waals surface area contributed by atoms with Crippen molar-refractivity contribution in [2.75, 3.05) is 5.32 Å². The van der Waals surface area contributed by atoms with Crippen LogP contribution in [0.1, 0.15) is 17.0 Å². The van der Waals surface area contributed by atoms with Crippen LogP contribution in [0.25, 0.3) is 10.9 Å². The summed E-state index contributed by atoms with van der Waals surface area (Å²) in [5.74, 6) is 0. The predicted octanol–water partition coefficient (Wildman–Crippen LogP) is 3.96. The highest BCUT2D eigenvalue weighted by Gasteiger charge is 2.10. The Kier molecular flexibility index (Phi) is 3.68. The molecule has 0 atom stereocenters. The molecule has 0 amide bonds. The van der Waals surface area contributed by atoms with Gasteiger partial charge in [0.2, 0.25) is 0 Å². The van der Waals surface area contributed by atoms with Crippen molar-refractivity contribution >= 4 is 32.5 Å². The minimum atomic E-state index is 0.752. The second-order valence-electron chi connectivity index (χ2n) is 5.16. The zero-order chi connectivity index (χ0) is 15.0. The molecule has 0 aliphatic rings. The normalized spacial score (nSPS) is 11.0. The number of pyridine rings is 1. The van der Waals surface area contributed by atoms with E-state index in [4.69, 9.17) is 0 Å². The van der Waals surface area contributed by atoms with Gasteiger partial charge < -0.3 is 5.32 Å². The van der Waals surface area contributed by atoms with E-state index < -0.39 is 0 Å². The number of para-hydroxylation sites is 1. The van der Waals surface area contributed by atoms with E-state index in [0.29, 0.717) is 0 Å². The van der Waals surface area contributed by atoms with E-state index in [0.717, 1.165) is 33.3 Å². The Balaban J connectivity index is 1.92. The summed E-state index contributed by atoms with van der Waals surface area (Å²) in [6, 6.07) is 8.25. The van der Waals surface area contributed by atoms with Gasteiger partial charge in [-0.3, -0.25) is 9.67 Å². The molecule has 0 saturated heterocycles. The molecule has 2 heterocycles. The van der Waals surface area contributed by atoms with Crippen LogP contribution in [0, 0.1) is 13.8 Å². The lowest BCUT2D eigenvalue weighted by Gasteiger charge is -2.10. The van der Waals surface area contributed by atoms with Gasteiger partial charge in [0.05, 0.1) is 16.9 Å². The summed E-state index contributed by atoms with van der Waals surface area (Å²) in [5, 5.41) is 9.06. The molecular weight excluding hydrogens is 328 g/mol. The third kappa shape index (κ3) is 2.65. The maximum atomic E-state index is 4.51. The van der Waals surface area contributed by atoms with Gasteiger partial charge in [0.15, 0.2) is 0 Å². The van der Waals surface area contributed by atoms with Gasteiger partial charge in [0, 0.05) is 40.9 Å². The molecular formula is C16H17BrN4. The number of halogens is 1. The van der Waals surface area contributed by atoms with Crippen LogP contribution in [0.2, 0.25) is 0 Å². The molecule has 3 rings (SSSR count). The topological polar surface area (TPSA) is 42.7 Å². The summed E-state index contributed by atoms with van der Waals surface area (Å²) in [4.78, 5) is 4.51. The number of hydrogen-bond acceptors (Lipinski definition) is 3. The van der Waals surface area contributed by atoms with Gasteiger partial charge in [-0.25, -0.2) is 0 Å². The van der Waals surface area contributed by atoms with Crippen LogP contribution in [-0.4, -0.2) is 14.8 Å². The molecule has 0 unspecified atom stereocenters. The zero-order valence-electron chi connectivity index (χ0n) is 12.3. The van der Waals surface area contributed by atoms with Gasteiger partial charge in [-0.2, -0.15) is 5.10 Å². The van der Waals surface area contributed by atoms with Crippen molar-refractivity contribution in [1.82, 2.24) is 14.8 Å². The van der Waals surface area contributed by atoms with E-state index in [2.05, 4.69) is 56.5 Å². The van der Waals surface area contributed by atoms with Crippen LogP contribution in [-0.2, 0) is 13.6 Å². The minimum Gasteiger partial charge on any atom is -0.379 e. The van der Waals surface area contributed by atoms with Gasteiger partial charge in [-0.05, 0) is 41.9 Å². The molecule has 0 aliphatic carbocycles. The zero-order valence-corrected chi connectivity index (χ0v) is 13.9. The average molecular weight is 345 g/mol. The monoisotopic (exact) mass is 344 g/mol. The summed E-state index contributed by atoms with van der Waals surface area (Å²) in [6.45, 7) is 4.89. The van der Waals surface area contributed by atoms with E-state index >= 15 is 0 Å². The number of aromatic nitrogens is 3. The van der Waals surface area contributed by atoms with Crippen LogP contribution >= 0.6 is 15.9 Å². The van der Waals surface area contributed by atoms with Gasteiger partial charge in [-0.15, -0.1) is 0 Å². The molecule has 1 aromatic carbocycles. The Morgan fingerprint density at radius 3 is 2.81 bits per heavy atom. The fourth-order valence-corrected chi connectivity index (χ4v) is 2.88. The van der Waals surface area contributed by atoms with E-state index in [1.807, 2.05) is 30.9 Å². The fourth-order valence-electron chi connectivity index (χ4n) is 2.53. The van der Waals surface area contributed by atoms with Gasteiger partial charge in [-0.1, -0.05) is 12.1 Å². The average Bonchev–Trinajstić information content (AvgIpc) is 2.70. The molecule has 4 nitrogen and oxygen atoms in total. The van der Waals surface area contributed by atoms with E-state index in [9.17, 15) is 0 Å². The van der Waals surface area contributed by atoms with Crippen molar-refractivity contribution in [3.05, 3.63) is 51.9 Å². The first kappa shape index (κ1) is 14.1. The molecule has 0 spiro atoms. The summed E-state index contributed by atoms with van der Waals surface area (Å²) in [7, 11) is 1.98. The number of benzene rings is 1. The quantitative estimate of drug-likeness (QED) is 0.781. The van der Waals surface area contributed by atoms with Crippen LogP contribution in [0.5, 0.6) is 0 Å². The molecule has 0 bridgehead atoms. The smallest absolute Gasteiger partial charge is 0.0934 e. The highest BCUT2D eigenvalue weighted by atomic mass is 79.9. The first-order chi connectivity index (χ1) is 10.1. The Morgan fingerprint density at radius 2 is 2.10 bits per heavy atom. The molecule has 0 saturated carbocycles. The van der Waals surface area contributed by atoms with Gasteiger partial charge >= 0.3 is 0 Å². The third-order valence-corrected chi connectivity index (χ3v) is 4.23. The van der Waals surface area contributed by atoms with Crippen molar-refractivity contribution in [1.29, 1.82) is 0 Å². The molecule has 108 valence electrons. The Bertz CT molecular complexity index is 807. The van der Waals surface area contributed by atoms with Crippen LogP contribution in [0.15, 0.2) is 34.9 Å². The van der Waals surface area contributed by atoms with Gasteiger partial charge in [0.1, 0.15) is 0 Å². The number of fused-ring (bicyclic) bond motifs is 1. The molecule has 2 aromatic heterocycles. The van der Waals surface area contributed by atoms with Crippen molar-refractivity contribution in [2.45, 2.75) is 20.4 Å².